The van der Waals surface area contributed by atoms with Gasteiger partial charge in [0.1, 0.15) is 5.76 Å². The molecule has 0 unspecified atom stereocenters. The molecule has 1 atom stereocenters. The average molecular weight is 234 g/mol. The van der Waals surface area contributed by atoms with E-state index in [1.807, 2.05) is 12.1 Å². The fraction of sp³-hybridized carbons (Fsp3) is 0.500. The zero-order chi connectivity index (χ0) is 8.97. The molecule has 68 valence electrons. The van der Waals surface area contributed by atoms with Crippen molar-refractivity contribution < 1.29 is 9.52 Å². The molecule has 1 rings (SSSR count). The van der Waals surface area contributed by atoms with E-state index in [1.54, 1.807) is 0 Å². The monoisotopic (exact) mass is 233 g/mol. The first kappa shape index (κ1) is 9.77. The molecule has 0 aliphatic carbocycles. The maximum atomic E-state index is 8.57. The first-order valence-electron chi connectivity index (χ1n) is 3.85. The number of furan rings is 1. The van der Waals surface area contributed by atoms with Gasteiger partial charge in [-0.1, -0.05) is 0 Å². The lowest BCUT2D eigenvalue weighted by atomic mass is 10.1. The minimum absolute atomic E-state index is 0.108. The first-order valence-corrected chi connectivity index (χ1v) is 4.65. The van der Waals surface area contributed by atoms with Gasteiger partial charge >= 0.3 is 0 Å². The number of rotatable bonds is 4. The lowest BCUT2D eigenvalue weighted by molar-refractivity contribution is 0.276. The molecule has 0 aliphatic heterocycles. The van der Waals surface area contributed by atoms with Crippen LogP contribution in [0.5, 0.6) is 0 Å². The van der Waals surface area contributed by atoms with Gasteiger partial charge in [0, 0.05) is 6.61 Å². The lowest BCUT2D eigenvalue weighted by Gasteiger charge is -2.06. The second-order valence-corrected chi connectivity index (χ2v) is 3.40. The lowest BCUT2D eigenvalue weighted by Crippen LogP contribution is -2.09. The van der Waals surface area contributed by atoms with Crippen LogP contribution in [0, 0.1) is 0 Å². The minimum Gasteiger partial charge on any atom is -0.453 e. The SMILES string of the molecule is N[C@H](CCCO)c1ccc(Br)o1. The summed E-state index contributed by atoms with van der Waals surface area (Å²) >= 11 is 3.20. The summed E-state index contributed by atoms with van der Waals surface area (Å²) < 4.78 is 5.94. The van der Waals surface area contributed by atoms with Crippen LogP contribution in [0.2, 0.25) is 0 Å². The van der Waals surface area contributed by atoms with Crippen molar-refractivity contribution in [2.24, 2.45) is 5.73 Å². The van der Waals surface area contributed by atoms with Crippen LogP contribution >= 0.6 is 15.9 Å². The number of aliphatic hydroxyl groups excluding tert-OH is 1. The highest BCUT2D eigenvalue weighted by molar-refractivity contribution is 9.10. The molecule has 4 heteroatoms. The van der Waals surface area contributed by atoms with E-state index in [0.29, 0.717) is 11.1 Å². The first-order chi connectivity index (χ1) is 5.74. The van der Waals surface area contributed by atoms with Gasteiger partial charge in [-0.05, 0) is 40.9 Å². The maximum absolute atomic E-state index is 8.57. The van der Waals surface area contributed by atoms with Gasteiger partial charge in [0.2, 0.25) is 0 Å². The molecule has 0 saturated carbocycles. The third-order valence-electron chi connectivity index (χ3n) is 1.63. The second kappa shape index (κ2) is 4.64. The fourth-order valence-electron chi connectivity index (χ4n) is 0.981. The van der Waals surface area contributed by atoms with Crippen molar-refractivity contribution in [2.45, 2.75) is 18.9 Å². The molecule has 0 aliphatic rings. The second-order valence-electron chi connectivity index (χ2n) is 2.61. The van der Waals surface area contributed by atoms with E-state index in [2.05, 4.69) is 15.9 Å². The van der Waals surface area contributed by atoms with Crippen LogP contribution in [0.15, 0.2) is 21.2 Å². The molecule has 1 aromatic heterocycles. The van der Waals surface area contributed by atoms with E-state index in [0.717, 1.165) is 12.2 Å². The van der Waals surface area contributed by atoms with Gasteiger partial charge in [-0.2, -0.15) is 0 Å². The highest BCUT2D eigenvalue weighted by Crippen LogP contribution is 2.21. The van der Waals surface area contributed by atoms with Crippen LogP contribution in [-0.2, 0) is 0 Å². The molecular formula is C8H12BrNO2. The van der Waals surface area contributed by atoms with Crippen LogP contribution < -0.4 is 5.73 Å². The molecule has 1 heterocycles. The van der Waals surface area contributed by atoms with Crippen LogP contribution in [0.1, 0.15) is 24.6 Å². The van der Waals surface area contributed by atoms with Gasteiger partial charge in [0.15, 0.2) is 4.67 Å². The molecule has 12 heavy (non-hydrogen) atoms. The van der Waals surface area contributed by atoms with E-state index in [4.69, 9.17) is 15.3 Å². The average Bonchev–Trinajstić information content (AvgIpc) is 2.47. The zero-order valence-corrected chi connectivity index (χ0v) is 8.25. The largest absolute Gasteiger partial charge is 0.453 e. The molecule has 0 saturated heterocycles. The Kier molecular flexibility index (Phi) is 3.78. The van der Waals surface area contributed by atoms with E-state index < -0.39 is 0 Å². The molecule has 3 nitrogen and oxygen atoms in total. The van der Waals surface area contributed by atoms with E-state index in [9.17, 15) is 0 Å². The molecule has 0 fully saturated rings. The number of nitrogens with two attached hydrogens (primary N) is 1. The molecule has 0 bridgehead atoms. The van der Waals surface area contributed by atoms with Crippen LogP contribution in [0.3, 0.4) is 0 Å². The van der Waals surface area contributed by atoms with Gasteiger partial charge in [-0.15, -0.1) is 0 Å². The van der Waals surface area contributed by atoms with Crippen molar-refractivity contribution in [3.8, 4) is 0 Å². The Bertz CT molecular complexity index is 237. The molecule has 0 amide bonds. The normalized spacial score (nSPS) is 13.2. The van der Waals surface area contributed by atoms with Gasteiger partial charge in [0.05, 0.1) is 6.04 Å². The number of halogens is 1. The molecular weight excluding hydrogens is 222 g/mol. The summed E-state index contributed by atoms with van der Waals surface area (Å²) in [4.78, 5) is 0. The summed E-state index contributed by atoms with van der Waals surface area (Å²) in [6, 6.07) is 3.55. The van der Waals surface area contributed by atoms with Crippen LogP contribution in [0.25, 0.3) is 0 Å². The molecule has 0 spiro atoms. The Balaban J connectivity index is 2.47. The minimum atomic E-state index is -0.108. The van der Waals surface area contributed by atoms with Gasteiger partial charge < -0.3 is 15.3 Å². The van der Waals surface area contributed by atoms with Crippen molar-refractivity contribution in [3.05, 3.63) is 22.6 Å². The van der Waals surface area contributed by atoms with Gasteiger partial charge in [0.25, 0.3) is 0 Å². The maximum Gasteiger partial charge on any atom is 0.169 e. The van der Waals surface area contributed by atoms with E-state index in [-0.39, 0.29) is 12.6 Å². The Morgan fingerprint density at radius 1 is 1.58 bits per heavy atom. The highest BCUT2D eigenvalue weighted by atomic mass is 79.9. The third kappa shape index (κ3) is 2.62. The summed E-state index contributed by atoms with van der Waals surface area (Å²) in [5, 5.41) is 8.57. The molecule has 1 aromatic rings. The zero-order valence-electron chi connectivity index (χ0n) is 6.66. The number of hydrogen-bond acceptors (Lipinski definition) is 3. The van der Waals surface area contributed by atoms with Crippen molar-refractivity contribution in [1.29, 1.82) is 0 Å². The van der Waals surface area contributed by atoms with Crippen LogP contribution in [0.4, 0.5) is 0 Å². The Morgan fingerprint density at radius 3 is 2.83 bits per heavy atom. The van der Waals surface area contributed by atoms with Crippen molar-refractivity contribution in [3.63, 3.8) is 0 Å². The summed E-state index contributed by atoms with van der Waals surface area (Å²) in [6.45, 7) is 0.176. The highest BCUT2D eigenvalue weighted by Gasteiger charge is 2.09. The summed E-state index contributed by atoms with van der Waals surface area (Å²) in [7, 11) is 0. The Labute approximate surface area is 79.7 Å². The van der Waals surface area contributed by atoms with Crippen molar-refractivity contribution >= 4 is 15.9 Å². The van der Waals surface area contributed by atoms with E-state index in [1.165, 1.54) is 0 Å². The Hall–Kier alpha value is -0.320. The third-order valence-corrected chi connectivity index (χ3v) is 2.06. The summed E-state index contributed by atoms with van der Waals surface area (Å²) in [6.07, 6.45) is 1.45. The van der Waals surface area contributed by atoms with Crippen molar-refractivity contribution in [2.75, 3.05) is 6.61 Å². The topological polar surface area (TPSA) is 59.4 Å². The van der Waals surface area contributed by atoms with E-state index >= 15 is 0 Å². The summed E-state index contributed by atoms with van der Waals surface area (Å²) in [5.41, 5.74) is 5.77. The molecule has 0 radical (unpaired) electrons. The predicted octanol–water partition coefficient (Wildman–Crippen LogP) is 1.81. The van der Waals surface area contributed by atoms with Gasteiger partial charge in [-0.25, -0.2) is 0 Å². The Morgan fingerprint density at radius 2 is 2.33 bits per heavy atom. The summed E-state index contributed by atoms with van der Waals surface area (Å²) in [5.74, 6) is 0.760. The smallest absolute Gasteiger partial charge is 0.169 e. The standard InChI is InChI=1S/C8H12BrNO2/c9-8-4-3-7(12-8)6(10)2-1-5-11/h3-4,6,11H,1-2,5,10H2/t6-/m1/s1. The number of aliphatic hydroxyl groups is 1. The molecule has 3 N–H and O–H groups in total. The quantitative estimate of drug-likeness (QED) is 0.835. The number of hydrogen-bond donors (Lipinski definition) is 2. The predicted molar refractivity (Wildman–Crippen MR) is 49.7 cm³/mol. The van der Waals surface area contributed by atoms with Crippen LogP contribution in [-0.4, -0.2) is 11.7 Å². The van der Waals surface area contributed by atoms with Crippen molar-refractivity contribution in [1.82, 2.24) is 0 Å². The van der Waals surface area contributed by atoms with Gasteiger partial charge in [-0.3, -0.25) is 0 Å². The molecule has 0 aromatic carbocycles. The fourth-order valence-corrected chi connectivity index (χ4v) is 1.30.